The van der Waals surface area contributed by atoms with E-state index in [2.05, 4.69) is 17.6 Å². The molecular weight excluding hydrogens is 240 g/mol. The zero-order chi connectivity index (χ0) is 13.7. The van der Waals surface area contributed by atoms with E-state index < -0.39 is 5.54 Å². The van der Waals surface area contributed by atoms with Crippen LogP contribution < -0.4 is 15.4 Å². The van der Waals surface area contributed by atoms with Gasteiger partial charge in [0.05, 0.1) is 17.8 Å². The SMILES string of the molecule is CCCOc1ccccc1NC(=O)C1(C)CCCN1. The van der Waals surface area contributed by atoms with E-state index in [9.17, 15) is 4.79 Å². The molecule has 0 aromatic heterocycles. The molecule has 1 heterocycles. The Labute approximate surface area is 114 Å². The maximum Gasteiger partial charge on any atom is 0.244 e. The molecule has 0 radical (unpaired) electrons. The van der Waals surface area contributed by atoms with Gasteiger partial charge < -0.3 is 15.4 Å². The average molecular weight is 262 g/mol. The standard InChI is InChI=1S/C15H22N2O2/c1-3-11-19-13-8-5-4-7-12(13)17-14(18)15(2)9-6-10-16-15/h4-5,7-8,16H,3,6,9-11H2,1-2H3,(H,17,18). The van der Waals surface area contributed by atoms with Crippen molar-refractivity contribution in [3.8, 4) is 5.75 Å². The van der Waals surface area contributed by atoms with Crippen molar-refractivity contribution in [2.75, 3.05) is 18.5 Å². The van der Waals surface area contributed by atoms with E-state index >= 15 is 0 Å². The molecule has 1 aliphatic rings. The first-order valence-electron chi connectivity index (χ1n) is 6.94. The summed E-state index contributed by atoms with van der Waals surface area (Å²) in [6, 6.07) is 7.58. The highest BCUT2D eigenvalue weighted by Gasteiger charge is 2.36. The van der Waals surface area contributed by atoms with Gasteiger partial charge in [0.15, 0.2) is 0 Å². The summed E-state index contributed by atoms with van der Waals surface area (Å²) >= 11 is 0. The van der Waals surface area contributed by atoms with Crippen LogP contribution in [-0.4, -0.2) is 24.6 Å². The lowest BCUT2D eigenvalue weighted by Crippen LogP contribution is -2.48. The first kappa shape index (κ1) is 13.9. The quantitative estimate of drug-likeness (QED) is 0.857. The predicted molar refractivity (Wildman–Crippen MR) is 76.5 cm³/mol. The van der Waals surface area contributed by atoms with E-state index in [1.165, 1.54) is 0 Å². The van der Waals surface area contributed by atoms with Gasteiger partial charge in [-0.1, -0.05) is 19.1 Å². The van der Waals surface area contributed by atoms with Gasteiger partial charge in [-0.2, -0.15) is 0 Å². The van der Waals surface area contributed by atoms with Crippen molar-refractivity contribution in [2.45, 2.75) is 38.6 Å². The van der Waals surface area contributed by atoms with Crippen molar-refractivity contribution in [3.63, 3.8) is 0 Å². The lowest BCUT2D eigenvalue weighted by molar-refractivity contribution is -0.121. The van der Waals surface area contributed by atoms with Gasteiger partial charge in [0, 0.05) is 0 Å². The molecule has 2 rings (SSSR count). The molecule has 1 aromatic rings. The summed E-state index contributed by atoms with van der Waals surface area (Å²) in [5, 5.41) is 6.24. The third-order valence-electron chi connectivity index (χ3n) is 3.47. The molecule has 1 fully saturated rings. The highest BCUT2D eigenvalue weighted by atomic mass is 16.5. The summed E-state index contributed by atoms with van der Waals surface area (Å²) in [5.41, 5.74) is 0.286. The topological polar surface area (TPSA) is 50.4 Å². The third-order valence-corrected chi connectivity index (χ3v) is 3.47. The van der Waals surface area contributed by atoms with Crippen LogP contribution in [0.1, 0.15) is 33.1 Å². The van der Waals surface area contributed by atoms with E-state index in [0.717, 1.165) is 37.2 Å². The number of hydrogen-bond acceptors (Lipinski definition) is 3. The molecule has 0 spiro atoms. The smallest absolute Gasteiger partial charge is 0.244 e. The monoisotopic (exact) mass is 262 g/mol. The highest BCUT2D eigenvalue weighted by Crippen LogP contribution is 2.27. The molecule has 1 aromatic carbocycles. The number of para-hydroxylation sites is 2. The molecule has 1 amide bonds. The fourth-order valence-electron chi connectivity index (χ4n) is 2.26. The first-order valence-corrected chi connectivity index (χ1v) is 6.94. The molecule has 19 heavy (non-hydrogen) atoms. The fraction of sp³-hybridized carbons (Fsp3) is 0.533. The Balaban J connectivity index is 2.07. The second-order valence-corrected chi connectivity index (χ2v) is 5.16. The summed E-state index contributed by atoms with van der Waals surface area (Å²) < 4.78 is 5.65. The first-order chi connectivity index (χ1) is 9.15. The Hall–Kier alpha value is -1.55. The number of nitrogens with one attached hydrogen (secondary N) is 2. The molecule has 1 aliphatic heterocycles. The van der Waals surface area contributed by atoms with Gasteiger partial charge in [0.2, 0.25) is 5.91 Å². The highest BCUT2D eigenvalue weighted by molar-refractivity contribution is 5.99. The van der Waals surface area contributed by atoms with Crippen LogP contribution in [0.5, 0.6) is 5.75 Å². The number of amides is 1. The maximum atomic E-state index is 12.3. The molecule has 4 heteroatoms. The number of hydrogen-bond donors (Lipinski definition) is 2. The molecule has 1 unspecified atom stereocenters. The molecule has 2 N–H and O–H groups in total. The van der Waals surface area contributed by atoms with Crippen molar-refractivity contribution in [1.29, 1.82) is 0 Å². The Kier molecular flexibility index (Phi) is 4.43. The van der Waals surface area contributed by atoms with Gasteiger partial charge >= 0.3 is 0 Å². The summed E-state index contributed by atoms with van der Waals surface area (Å²) in [5.74, 6) is 0.747. The minimum absolute atomic E-state index is 0.0116. The Morgan fingerprint density at radius 3 is 2.95 bits per heavy atom. The van der Waals surface area contributed by atoms with Crippen molar-refractivity contribution in [1.82, 2.24) is 5.32 Å². The molecule has 0 bridgehead atoms. The number of ether oxygens (including phenoxy) is 1. The van der Waals surface area contributed by atoms with Crippen molar-refractivity contribution < 1.29 is 9.53 Å². The third kappa shape index (κ3) is 3.26. The number of rotatable bonds is 5. The van der Waals surface area contributed by atoms with Gasteiger partial charge in [-0.25, -0.2) is 0 Å². The van der Waals surface area contributed by atoms with Crippen molar-refractivity contribution in [2.24, 2.45) is 0 Å². The zero-order valence-electron chi connectivity index (χ0n) is 11.7. The van der Waals surface area contributed by atoms with Crippen molar-refractivity contribution in [3.05, 3.63) is 24.3 Å². The molecular formula is C15H22N2O2. The Bertz CT molecular complexity index is 440. The lowest BCUT2D eigenvalue weighted by Gasteiger charge is -2.23. The van der Waals surface area contributed by atoms with E-state index in [-0.39, 0.29) is 5.91 Å². The van der Waals surface area contributed by atoms with Crippen LogP contribution in [0.25, 0.3) is 0 Å². The Morgan fingerprint density at radius 1 is 1.47 bits per heavy atom. The number of carbonyl (C=O) groups is 1. The normalized spacial score (nSPS) is 22.2. The number of benzene rings is 1. The van der Waals surface area contributed by atoms with E-state index in [4.69, 9.17) is 4.74 Å². The zero-order valence-corrected chi connectivity index (χ0v) is 11.7. The number of anilines is 1. The lowest BCUT2D eigenvalue weighted by atomic mass is 9.99. The minimum atomic E-state index is -0.460. The summed E-state index contributed by atoms with van der Waals surface area (Å²) in [7, 11) is 0. The van der Waals surface area contributed by atoms with E-state index in [1.807, 2.05) is 31.2 Å². The van der Waals surface area contributed by atoms with Crippen LogP contribution in [0.3, 0.4) is 0 Å². The average Bonchev–Trinajstić information content (AvgIpc) is 2.86. The minimum Gasteiger partial charge on any atom is -0.491 e. The molecule has 0 aliphatic carbocycles. The van der Waals surface area contributed by atoms with Crippen LogP contribution in [-0.2, 0) is 4.79 Å². The van der Waals surface area contributed by atoms with Gasteiger partial charge in [0.25, 0.3) is 0 Å². The molecule has 104 valence electrons. The molecule has 0 saturated carbocycles. The van der Waals surface area contributed by atoms with E-state index in [1.54, 1.807) is 0 Å². The van der Waals surface area contributed by atoms with Gasteiger partial charge in [-0.15, -0.1) is 0 Å². The Morgan fingerprint density at radius 2 is 2.26 bits per heavy atom. The van der Waals surface area contributed by atoms with Crippen molar-refractivity contribution >= 4 is 11.6 Å². The van der Waals surface area contributed by atoms with Gasteiger partial charge in [0.1, 0.15) is 5.75 Å². The molecule has 1 saturated heterocycles. The molecule has 4 nitrogen and oxygen atoms in total. The summed E-state index contributed by atoms with van der Waals surface area (Å²) in [6.45, 7) is 5.57. The van der Waals surface area contributed by atoms with Gasteiger partial charge in [-0.3, -0.25) is 4.79 Å². The summed E-state index contributed by atoms with van der Waals surface area (Å²) in [4.78, 5) is 12.3. The van der Waals surface area contributed by atoms with Crippen LogP contribution >= 0.6 is 0 Å². The van der Waals surface area contributed by atoms with Gasteiger partial charge in [-0.05, 0) is 44.9 Å². The summed E-state index contributed by atoms with van der Waals surface area (Å²) in [6.07, 6.45) is 2.86. The second kappa shape index (κ2) is 6.06. The predicted octanol–water partition coefficient (Wildman–Crippen LogP) is 2.56. The largest absolute Gasteiger partial charge is 0.491 e. The van der Waals surface area contributed by atoms with Crippen LogP contribution in [0, 0.1) is 0 Å². The molecule has 1 atom stereocenters. The van der Waals surface area contributed by atoms with E-state index in [0.29, 0.717) is 6.61 Å². The van der Waals surface area contributed by atoms with Crippen LogP contribution in [0.4, 0.5) is 5.69 Å². The van der Waals surface area contributed by atoms with Crippen LogP contribution in [0.2, 0.25) is 0 Å². The van der Waals surface area contributed by atoms with Crippen LogP contribution in [0.15, 0.2) is 24.3 Å². The number of carbonyl (C=O) groups excluding carboxylic acids is 1. The fourth-order valence-corrected chi connectivity index (χ4v) is 2.26. The maximum absolute atomic E-state index is 12.3. The second-order valence-electron chi connectivity index (χ2n) is 5.16.